The maximum absolute atomic E-state index is 3.83. The first-order chi connectivity index (χ1) is 7.79. The second-order valence-electron chi connectivity index (χ2n) is 6.26. The number of hydrogen-bond donors (Lipinski definition) is 1. The van der Waals surface area contributed by atoms with Gasteiger partial charge in [-0.2, -0.15) is 0 Å². The third-order valence-corrected chi connectivity index (χ3v) is 4.57. The van der Waals surface area contributed by atoms with Crippen molar-refractivity contribution in [1.82, 2.24) is 5.32 Å². The van der Waals surface area contributed by atoms with Gasteiger partial charge >= 0.3 is 0 Å². The van der Waals surface area contributed by atoms with Gasteiger partial charge in [0.2, 0.25) is 0 Å². The molecule has 0 heterocycles. The maximum Gasteiger partial charge on any atom is 0.00979 e. The molecule has 0 saturated heterocycles. The molecule has 2 rings (SSSR count). The van der Waals surface area contributed by atoms with Gasteiger partial charge in [0.25, 0.3) is 0 Å². The first-order valence-electron chi connectivity index (χ1n) is 7.53. The van der Waals surface area contributed by atoms with Crippen LogP contribution in [0.2, 0.25) is 0 Å². The summed E-state index contributed by atoms with van der Waals surface area (Å²) in [4.78, 5) is 0. The average molecular weight is 223 g/mol. The first-order valence-corrected chi connectivity index (χ1v) is 7.53. The van der Waals surface area contributed by atoms with Gasteiger partial charge in [-0.1, -0.05) is 39.5 Å². The zero-order valence-corrected chi connectivity index (χ0v) is 11.2. The zero-order chi connectivity index (χ0) is 11.4. The largest absolute Gasteiger partial charge is 0.314 e. The maximum atomic E-state index is 3.83. The molecule has 1 atom stereocenters. The summed E-state index contributed by atoms with van der Waals surface area (Å²) in [5.74, 6) is 3.06. The molecular weight excluding hydrogens is 194 g/mol. The standard InChI is InChI=1S/C15H29N/c1-3-10-16-15(11-13-6-7-13)14-8-4-12(2)5-9-14/h12-16H,3-11H2,1-2H3. The highest BCUT2D eigenvalue weighted by Gasteiger charge is 2.31. The molecule has 16 heavy (non-hydrogen) atoms. The SMILES string of the molecule is CCCNC(CC1CC1)C1CCC(C)CC1. The molecule has 0 radical (unpaired) electrons. The highest BCUT2D eigenvalue weighted by atomic mass is 14.9. The van der Waals surface area contributed by atoms with E-state index in [-0.39, 0.29) is 0 Å². The van der Waals surface area contributed by atoms with Gasteiger partial charge in [0, 0.05) is 6.04 Å². The normalized spacial score (nSPS) is 32.6. The van der Waals surface area contributed by atoms with Crippen molar-refractivity contribution in [3.05, 3.63) is 0 Å². The summed E-state index contributed by atoms with van der Waals surface area (Å²) in [5.41, 5.74) is 0. The Morgan fingerprint density at radius 3 is 2.31 bits per heavy atom. The summed E-state index contributed by atoms with van der Waals surface area (Å²) < 4.78 is 0. The summed E-state index contributed by atoms with van der Waals surface area (Å²) in [5, 5.41) is 3.83. The lowest BCUT2D eigenvalue weighted by atomic mass is 9.78. The van der Waals surface area contributed by atoms with Crippen molar-refractivity contribution in [2.45, 2.75) is 71.3 Å². The van der Waals surface area contributed by atoms with Crippen LogP contribution in [0.4, 0.5) is 0 Å². The fourth-order valence-corrected chi connectivity index (χ4v) is 3.17. The van der Waals surface area contributed by atoms with E-state index in [1.165, 1.54) is 57.9 Å². The van der Waals surface area contributed by atoms with Gasteiger partial charge in [0.05, 0.1) is 0 Å². The molecule has 0 bridgehead atoms. The lowest BCUT2D eigenvalue weighted by molar-refractivity contribution is 0.218. The van der Waals surface area contributed by atoms with Crippen LogP contribution in [0.25, 0.3) is 0 Å². The molecule has 1 heteroatoms. The lowest BCUT2D eigenvalue weighted by Crippen LogP contribution is -2.38. The number of rotatable bonds is 6. The molecule has 0 aliphatic heterocycles. The molecular formula is C15H29N. The van der Waals surface area contributed by atoms with Crippen LogP contribution in [-0.4, -0.2) is 12.6 Å². The summed E-state index contributed by atoms with van der Waals surface area (Å²) in [6, 6.07) is 0.847. The molecule has 1 unspecified atom stereocenters. The minimum absolute atomic E-state index is 0.847. The Bertz CT molecular complexity index is 190. The Labute approximate surface area is 101 Å². The van der Waals surface area contributed by atoms with Gasteiger partial charge in [-0.25, -0.2) is 0 Å². The van der Waals surface area contributed by atoms with Crippen LogP contribution in [0.5, 0.6) is 0 Å². The van der Waals surface area contributed by atoms with Crippen molar-refractivity contribution in [2.24, 2.45) is 17.8 Å². The van der Waals surface area contributed by atoms with E-state index in [1.807, 2.05) is 0 Å². The second kappa shape index (κ2) is 6.05. The van der Waals surface area contributed by atoms with Crippen LogP contribution < -0.4 is 5.32 Å². The summed E-state index contributed by atoms with van der Waals surface area (Å²) >= 11 is 0. The molecule has 94 valence electrons. The summed E-state index contributed by atoms with van der Waals surface area (Å²) in [6.07, 6.45) is 11.7. The van der Waals surface area contributed by atoms with Gasteiger partial charge in [-0.15, -0.1) is 0 Å². The van der Waals surface area contributed by atoms with E-state index < -0.39 is 0 Å². The molecule has 0 amide bonds. The smallest absolute Gasteiger partial charge is 0.00979 e. The van der Waals surface area contributed by atoms with Crippen molar-refractivity contribution in [2.75, 3.05) is 6.54 Å². The van der Waals surface area contributed by atoms with Crippen molar-refractivity contribution < 1.29 is 0 Å². The van der Waals surface area contributed by atoms with E-state index in [2.05, 4.69) is 19.2 Å². The predicted octanol–water partition coefficient (Wildman–Crippen LogP) is 3.98. The second-order valence-corrected chi connectivity index (χ2v) is 6.26. The number of nitrogens with one attached hydrogen (secondary N) is 1. The van der Waals surface area contributed by atoms with Gasteiger partial charge in [0.15, 0.2) is 0 Å². The van der Waals surface area contributed by atoms with E-state index >= 15 is 0 Å². The van der Waals surface area contributed by atoms with Crippen molar-refractivity contribution >= 4 is 0 Å². The van der Waals surface area contributed by atoms with Crippen molar-refractivity contribution in [1.29, 1.82) is 0 Å². The molecule has 2 aliphatic carbocycles. The van der Waals surface area contributed by atoms with Crippen molar-refractivity contribution in [3.8, 4) is 0 Å². The molecule has 2 aliphatic rings. The molecule has 0 aromatic rings. The topological polar surface area (TPSA) is 12.0 Å². The summed E-state index contributed by atoms with van der Waals surface area (Å²) in [7, 11) is 0. The molecule has 2 saturated carbocycles. The Kier molecular flexibility index (Phi) is 4.69. The Hall–Kier alpha value is -0.0400. The monoisotopic (exact) mass is 223 g/mol. The Morgan fingerprint density at radius 1 is 1.06 bits per heavy atom. The van der Waals surface area contributed by atoms with E-state index in [9.17, 15) is 0 Å². The van der Waals surface area contributed by atoms with Crippen LogP contribution in [0.3, 0.4) is 0 Å². The zero-order valence-electron chi connectivity index (χ0n) is 11.2. The highest BCUT2D eigenvalue weighted by Crippen LogP contribution is 2.38. The van der Waals surface area contributed by atoms with Crippen LogP contribution in [0.15, 0.2) is 0 Å². The van der Waals surface area contributed by atoms with Gasteiger partial charge in [-0.3, -0.25) is 0 Å². The molecule has 1 nitrogen and oxygen atoms in total. The minimum atomic E-state index is 0.847. The molecule has 1 N–H and O–H groups in total. The van der Waals surface area contributed by atoms with Gasteiger partial charge in [0.1, 0.15) is 0 Å². The molecule has 2 fully saturated rings. The van der Waals surface area contributed by atoms with E-state index in [0.717, 1.165) is 23.8 Å². The van der Waals surface area contributed by atoms with Crippen molar-refractivity contribution in [3.63, 3.8) is 0 Å². The quantitative estimate of drug-likeness (QED) is 0.718. The van der Waals surface area contributed by atoms with E-state index in [1.54, 1.807) is 0 Å². The minimum Gasteiger partial charge on any atom is -0.314 e. The Morgan fingerprint density at radius 2 is 1.75 bits per heavy atom. The van der Waals surface area contributed by atoms with Gasteiger partial charge < -0.3 is 5.32 Å². The summed E-state index contributed by atoms with van der Waals surface area (Å²) in [6.45, 7) is 5.93. The van der Waals surface area contributed by atoms with Crippen LogP contribution in [0, 0.1) is 17.8 Å². The fourth-order valence-electron chi connectivity index (χ4n) is 3.17. The third-order valence-electron chi connectivity index (χ3n) is 4.57. The average Bonchev–Trinajstić information content (AvgIpc) is 3.09. The van der Waals surface area contributed by atoms with Crippen LogP contribution in [-0.2, 0) is 0 Å². The van der Waals surface area contributed by atoms with Crippen LogP contribution >= 0.6 is 0 Å². The van der Waals surface area contributed by atoms with E-state index in [0.29, 0.717) is 0 Å². The third kappa shape index (κ3) is 3.76. The molecule has 0 aromatic heterocycles. The number of hydrogen-bond acceptors (Lipinski definition) is 1. The van der Waals surface area contributed by atoms with Gasteiger partial charge in [-0.05, 0) is 50.0 Å². The molecule has 0 aromatic carbocycles. The first kappa shape index (κ1) is 12.4. The molecule has 0 spiro atoms. The van der Waals surface area contributed by atoms with Crippen LogP contribution in [0.1, 0.15) is 65.2 Å². The highest BCUT2D eigenvalue weighted by molar-refractivity contribution is 4.86. The predicted molar refractivity (Wildman–Crippen MR) is 70.5 cm³/mol. The van der Waals surface area contributed by atoms with E-state index in [4.69, 9.17) is 0 Å². The Balaban J connectivity index is 1.78. The fraction of sp³-hybridized carbons (Fsp3) is 1.00. The lowest BCUT2D eigenvalue weighted by Gasteiger charge is -2.33.